The molecule has 19 heavy (non-hydrogen) atoms. The lowest BCUT2D eigenvalue weighted by Crippen LogP contribution is -3.15. The van der Waals surface area contributed by atoms with Crippen LogP contribution in [0.2, 0.25) is 0 Å². The van der Waals surface area contributed by atoms with Crippen molar-refractivity contribution in [2.24, 2.45) is 11.8 Å². The Hall–Kier alpha value is -0.800. The Kier molecular flexibility index (Phi) is 5.46. The topological polar surface area (TPSA) is 45.2 Å². The van der Waals surface area contributed by atoms with Crippen molar-refractivity contribution in [1.82, 2.24) is 0 Å². The van der Waals surface area contributed by atoms with Gasteiger partial charge in [-0.3, -0.25) is 0 Å². The van der Waals surface area contributed by atoms with Gasteiger partial charge >= 0.3 is 0 Å². The van der Waals surface area contributed by atoms with Gasteiger partial charge in [0.2, 0.25) is 0 Å². The molecule has 0 amide bonds. The minimum Gasteiger partial charge on any atom is -0.463 e. The zero-order valence-electron chi connectivity index (χ0n) is 12.5. The molecular formula is C16H30N2O+2. The minimum absolute atomic E-state index is 0.808. The van der Waals surface area contributed by atoms with Crippen LogP contribution in [-0.4, -0.2) is 19.1 Å². The number of hydrogen-bond donors (Lipinski definition) is 2. The summed E-state index contributed by atoms with van der Waals surface area (Å²) >= 11 is 0. The van der Waals surface area contributed by atoms with Gasteiger partial charge in [0.25, 0.3) is 0 Å². The van der Waals surface area contributed by atoms with Crippen LogP contribution in [0.4, 0.5) is 0 Å². The van der Waals surface area contributed by atoms with Gasteiger partial charge in [-0.25, -0.2) is 0 Å². The highest BCUT2D eigenvalue weighted by Gasteiger charge is 2.31. The lowest BCUT2D eigenvalue weighted by molar-refractivity contribution is -0.942. The Labute approximate surface area is 117 Å². The summed E-state index contributed by atoms with van der Waals surface area (Å²) < 4.78 is 5.55. The van der Waals surface area contributed by atoms with E-state index in [1.807, 2.05) is 6.07 Å². The summed E-state index contributed by atoms with van der Waals surface area (Å²) in [7, 11) is 0. The van der Waals surface area contributed by atoms with Gasteiger partial charge in [-0.05, 0) is 36.8 Å². The molecule has 4 N–H and O–H groups in total. The van der Waals surface area contributed by atoms with Gasteiger partial charge in [-0.2, -0.15) is 0 Å². The summed E-state index contributed by atoms with van der Waals surface area (Å²) in [5.74, 6) is 2.89. The van der Waals surface area contributed by atoms with Crippen molar-refractivity contribution in [2.75, 3.05) is 13.1 Å². The summed E-state index contributed by atoms with van der Waals surface area (Å²) in [6, 6.07) is 4.92. The molecule has 1 saturated carbocycles. The quantitative estimate of drug-likeness (QED) is 0.796. The largest absolute Gasteiger partial charge is 0.463 e. The van der Waals surface area contributed by atoms with Crippen LogP contribution in [0.5, 0.6) is 0 Å². The van der Waals surface area contributed by atoms with E-state index < -0.39 is 0 Å². The van der Waals surface area contributed by atoms with Crippen LogP contribution in [0.25, 0.3) is 0 Å². The molecule has 108 valence electrons. The maximum absolute atomic E-state index is 5.55. The Balaban J connectivity index is 1.96. The van der Waals surface area contributed by atoms with E-state index in [1.165, 1.54) is 32.2 Å². The molecular weight excluding hydrogens is 236 g/mol. The smallest absolute Gasteiger partial charge is 0.157 e. The fourth-order valence-electron chi connectivity index (χ4n) is 3.34. The molecule has 3 nitrogen and oxygen atoms in total. The van der Waals surface area contributed by atoms with Crippen LogP contribution in [0.1, 0.15) is 45.3 Å². The second-order valence-electron chi connectivity index (χ2n) is 6.34. The zero-order chi connectivity index (χ0) is 13.7. The van der Waals surface area contributed by atoms with Crippen LogP contribution >= 0.6 is 0 Å². The third-order valence-corrected chi connectivity index (χ3v) is 4.90. The van der Waals surface area contributed by atoms with Crippen molar-refractivity contribution >= 4 is 0 Å². The molecule has 1 aromatic heterocycles. The second-order valence-corrected chi connectivity index (χ2v) is 6.34. The van der Waals surface area contributed by atoms with Gasteiger partial charge in [0, 0.05) is 12.8 Å². The SMILES string of the molecule is C[C@H]1CC[C@H]([NH+](CCC[NH3+])Cc2ccco2)C[C@@H]1C. The lowest BCUT2D eigenvalue weighted by Gasteiger charge is -2.36. The first kappa shape index (κ1) is 14.6. The first-order valence-electron chi connectivity index (χ1n) is 7.87. The first-order valence-corrected chi connectivity index (χ1v) is 7.87. The average Bonchev–Trinajstić information content (AvgIpc) is 2.91. The second kappa shape index (κ2) is 7.11. The normalized spacial score (nSPS) is 29.3. The summed E-state index contributed by atoms with van der Waals surface area (Å²) in [5.41, 5.74) is 3.99. The highest BCUT2D eigenvalue weighted by atomic mass is 16.3. The molecule has 2 rings (SSSR count). The summed E-state index contributed by atoms with van der Waals surface area (Å²) in [5, 5.41) is 0. The van der Waals surface area contributed by atoms with Crippen LogP contribution in [0.3, 0.4) is 0 Å². The highest BCUT2D eigenvalue weighted by molar-refractivity contribution is 4.95. The third kappa shape index (κ3) is 4.08. The Morgan fingerprint density at radius 1 is 1.32 bits per heavy atom. The summed E-state index contributed by atoms with van der Waals surface area (Å²) in [6.07, 6.45) is 7.14. The number of quaternary nitrogens is 2. The fourth-order valence-corrected chi connectivity index (χ4v) is 3.34. The number of furan rings is 1. The molecule has 1 unspecified atom stereocenters. The molecule has 0 spiro atoms. The fraction of sp³-hybridized carbons (Fsp3) is 0.750. The average molecular weight is 266 g/mol. The van der Waals surface area contributed by atoms with Crippen LogP contribution in [0.15, 0.2) is 22.8 Å². The van der Waals surface area contributed by atoms with E-state index in [2.05, 4.69) is 25.6 Å². The molecule has 0 bridgehead atoms. The number of hydrogen-bond acceptors (Lipinski definition) is 1. The molecule has 1 fully saturated rings. The molecule has 1 aromatic rings. The summed E-state index contributed by atoms with van der Waals surface area (Å²) in [4.78, 5) is 1.71. The molecule has 1 aliphatic carbocycles. The molecule has 0 aromatic carbocycles. The van der Waals surface area contributed by atoms with Crippen molar-refractivity contribution in [3.05, 3.63) is 24.2 Å². The number of rotatable bonds is 6. The van der Waals surface area contributed by atoms with Crippen molar-refractivity contribution < 1.29 is 15.1 Å². The van der Waals surface area contributed by atoms with E-state index in [0.29, 0.717) is 0 Å². The molecule has 0 saturated heterocycles. The van der Waals surface area contributed by atoms with Gasteiger partial charge in [-0.1, -0.05) is 13.8 Å². The van der Waals surface area contributed by atoms with Crippen LogP contribution in [-0.2, 0) is 6.54 Å². The molecule has 0 radical (unpaired) electrons. The van der Waals surface area contributed by atoms with E-state index in [-0.39, 0.29) is 0 Å². The van der Waals surface area contributed by atoms with E-state index in [0.717, 1.165) is 36.7 Å². The van der Waals surface area contributed by atoms with E-state index >= 15 is 0 Å². The minimum atomic E-state index is 0.808. The maximum Gasteiger partial charge on any atom is 0.157 e. The van der Waals surface area contributed by atoms with Gasteiger partial charge in [-0.15, -0.1) is 0 Å². The van der Waals surface area contributed by atoms with Gasteiger partial charge in [0.15, 0.2) is 5.76 Å². The lowest BCUT2D eigenvalue weighted by atomic mass is 9.78. The highest BCUT2D eigenvalue weighted by Crippen LogP contribution is 2.28. The standard InChI is InChI=1S/C16H28N2O/c1-13-6-7-15(11-14(13)2)18(9-4-8-17)12-16-5-3-10-19-16/h3,5,10,13-15H,4,6-9,11-12,17H2,1-2H3/p+2/t13-,14-,15-/m0/s1. The monoisotopic (exact) mass is 266 g/mol. The zero-order valence-corrected chi connectivity index (χ0v) is 12.5. The maximum atomic E-state index is 5.55. The Morgan fingerprint density at radius 2 is 2.16 bits per heavy atom. The Morgan fingerprint density at radius 3 is 2.79 bits per heavy atom. The van der Waals surface area contributed by atoms with Crippen molar-refractivity contribution in [2.45, 2.75) is 52.1 Å². The van der Waals surface area contributed by atoms with Crippen LogP contribution < -0.4 is 10.6 Å². The van der Waals surface area contributed by atoms with E-state index in [4.69, 9.17) is 4.42 Å². The van der Waals surface area contributed by atoms with Crippen molar-refractivity contribution in [3.63, 3.8) is 0 Å². The predicted molar refractivity (Wildman–Crippen MR) is 76.6 cm³/mol. The number of nitrogens with one attached hydrogen (secondary N) is 1. The Bertz CT molecular complexity index is 350. The molecule has 1 heterocycles. The van der Waals surface area contributed by atoms with E-state index in [1.54, 1.807) is 11.2 Å². The first-order chi connectivity index (χ1) is 9.20. The molecule has 1 aliphatic rings. The third-order valence-electron chi connectivity index (χ3n) is 4.90. The van der Waals surface area contributed by atoms with Crippen molar-refractivity contribution in [3.8, 4) is 0 Å². The van der Waals surface area contributed by atoms with Crippen LogP contribution in [0, 0.1) is 11.8 Å². The molecule has 0 aliphatic heterocycles. The van der Waals surface area contributed by atoms with Gasteiger partial charge in [0.1, 0.15) is 6.54 Å². The van der Waals surface area contributed by atoms with Gasteiger partial charge < -0.3 is 15.1 Å². The molecule has 4 atom stereocenters. The van der Waals surface area contributed by atoms with Gasteiger partial charge in [0.05, 0.1) is 25.4 Å². The van der Waals surface area contributed by atoms with E-state index in [9.17, 15) is 0 Å². The van der Waals surface area contributed by atoms with Crippen molar-refractivity contribution in [1.29, 1.82) is 0 Å². The predicted octanol–water partition coefficient (Wildman–Crippen LogP) is 1.12. The summed E-state index contributed by atoms with van der Waals surface area (Å²) in [6.45, 7) is 8.14. The molecule has 3 heteroatoms.